The lowest BCUT2D eigenvalue weighted by atomic mass is 9.90. The highest BCUT2D eigenvalue weighted by molar-refractivity contribution is 7.89. The van der Waals surface area contributed by atoms with Crippen LogP contribution in [0.1, 0.15) is 43.5 Å². The van der Waals surface area contributed by atoms with Crippen LogP contribution in [-0.4, -0.2) is 55.2 Å². The monoisotopic (exact) mass is 396 g/mol. The van der Waals surface area contributed by atoms with Gasteiger partial charge in [0.25, 0.3) is 0 Å². The number of rotatable bonds is 7. The first kappa shape index (κ1) is 21.0. The van der Waals surface area contributed by atoms with Gasteiger partial charge < -0.3 is 10.0 Å². The molecule has 0 radical (unpaired) electrons. The zero-order valence-electron chi connectivity index (χ0n) is 15.3. The molecule has 0 spiro atoms. The van der Waals surface area contributed by atoms with Crippen molar-refractivity contribution in [2.75, 3.05) is 13.1 Å². The summed E-state index contributed by atoms with van der Waals surface area (Å²) < 4.78 is 27.0. The number of carboxylic acids is 1. The summed E-state index contributed by atoms with van der Waals surface area (Å²) in [7, 11) is -3.85. The molecule has 27 heavy (non-hydrogen) atoms. The Kier molecular flexibility index (Phi) is 6.72. The van der Waals surface area contributed by atoms with E-state index in [4.69, 9.17) is 0 Å². The van der Waals surface area contributed by atoms with Gasteiger partial charge in [0.1, 0.15) is 0 Å². The topological polar surface area (TPSA) is 121 Å². The molecule has 0 saturated carbocycles. The Morgan fingerprint density at radius 3 is 2.63 bits per heavy atom. The Morgan fingerprint density at radius 1 is 1.30 bits per heavy atom. The van der Waals surface area contributed by atoms with E-state index in [9.17, 15) is 27.9 Å². The molecule has 1 aromatic carbocycles. The van der Waals surface area contributed by atoms with E-state index in [2.05, 4.69) is 4.72 Å². The van der Waals surface area contributed by atoms with Crippen molar-refractivity contribution in [1.29, 1.82) is 0 Å². The van der Waals surface area contributed by atoms with Crippen molar-refractivity contribution in [3.8, 4) is 0 Å². The van der Waals surface area contributed by atoms with Gasteiger partial charge >= 0.3 is 5.97 Å². The molecule has 1 aliphatic heterocycles. The van der Waals surface area contributed by atoms with Crippen molar-refractivity contribution in [3.05, 3.63) is 29.8 Å². The zero-order valence-corrected chi connectivity index (χ0v) is 16.2. The molecular weight excluding hydrogens is 372 g/mol. The maximum absolute atomic E-state index is 12.4. The van der Waals surface area contributed by atoms with Gasteiger partial charge in [0.15, 0.2) is 5.78 Å². The molecule has 0 unspecified atom stereocenters. The summed E-state index contributed by atoms with van der Waals surface area (Å²) in [4.78, 5) is 36.5. The van der Waals surface area contributed by atoms with Crippen LogP contribution in [0.4, 0.5) is 0 Å². The van der Waals surface area contributed by atoms with E-state index in [0.29, 0.717) is 19.4 Å². The van der Waals surface area contributed by atoms with Crippen LogP contribution in [0.3, 0.4) is 0 Å². The molecule has 1 aliphatic rings. The second-order valence-corrected chi connectivity index (χ2v) is 8.41. The Balaban J connectivity index is 1.96. The number of Topliss-reactive ketones (excluding diaryl/α,β-unsaturated/α-hetero) is 1. The Morgan fingerprint density at radius 2 is 2.00 bits per heavy atom. The van der Waals surface area contributed by atoms with Gasteiger partial charge in [0.05, 0.1) is 10.8 Å². The molecular formula is C18H24N2O6S. The van der Waals surface area contributed by atoms with Gasteiger partial charge in [0.2, 0.25) is 15.9 Å². The van der Waals surface area contributed by atoms with E-state index in [1.807, 2.05) is 0 Å². The summed E-state index contributed by atoms with van der Waals surface area (Å²) in [6.07, 6.45) is 1.07. The zero-order chi connectivity index (χ0) is 20.2. The smallest absolute Gasteiger partial charge is 0.308 e. The number of nitrogens with zero attached hydrogens (tertiary/aromatic N) is 1. The van der Waals surface area contributed by atoms with Crippen molar-refractivity contribution in [1.82, 2.24) is 9.62 Å². The number of sulfonamides is 1. The van der Waals surface area contributed by atoms with Crippen LogP contribution >= 0.6 is 0 Å². The van der Waals surface area contributed by atoms with Crippen molar-refractivity contribution < 1.29 is 27.9 Å². The van der Waals surface area contributed by atoms with Crippen LogP contribution in [0.15, 0.2) is 29.2 Å². The third kappa shape index (κ3) is 5.14. The molecule has 148 valence electrons. The number of hydrogen-bond donors (Lipinski definition) is 2. The summed E-state index contributed by atoms with van der Waals surface area (Å²) in [6.45, 7) is 3.42. The Bertz CT molecular complexity index is 836. The number of aliphatic carboxylic acids is 1. The van der Waals surface area contributed by atoms with Crippen molar-refractivity contribution >= 4 is 27.7 Å². The highest BCUT2D eigenvalue weighted by Gasteiger charge is 2.35. The Labute approximate surface area is 158 Å². The second kappa shape index (κ2) is 8.62. The van der Waals surface area contributed by atoms with Gasteiger partial charge in [-0.15, -0.1) is 0 Å². The normalized spacial score (nSPS) is 20.3. The van der Waals surface area contributed by atoms with Crippen LogP contribution in [0.2, 0.25) is 0 Å². The van der Waals surface area contributed by atoms with E-state index >= 15 is 0 Å². The van der Waals surface area contributed by atoms with Crippen molar-refractivity contribution in [3.63, 3.8) is 0 Å². The lowest BCUT2D eigenvalue weighted by Gasteiger charge is -2.37. The van der Waals surface area contributed by atoms with Crippen LogP contribution in [0.25, 0.3) is 0 Å². The maximum atomic E-state index is 12.4. The van der Waals surface area contributed by atoms with Gasteiger partial charge in [-0.3, -0.25) is 14.4 Å². The molecule has 1 aromatic rings. The molecule has 2 rings (SSSR count). The molecule has 0 aliphatic carbocycles. The van der Waals surface area contributed by atoms with Crippen molar-refractivity contribution in [2.45, 2.75) is 44.0 Å². The third-order valence-electron chi connectivity index (χ3n) is 4.81. The summed E-state index contributed by atoms with van der Waals surface area (Å²) in [5.41, 5.74) is 0.288. The van der Waals surface area contributed by atoms with Gasteiger partial charge in [0, 0.05) is 31.1 Å². The minimum atomic E-state index is -3.85. The molecule has 1 fully saturated rings. The first-order valence-corrected chi connectivity index (χ1v) is 10.2. The van der Waals surface area contributed by atoms with Crippen LogP contribution in [-0.2, 0) is 19.6 Å². The average Bonchev–Trinajstić information content (AvgIpc) is 2.61. The molecule has 8 nitrogen and oxygen atoms in total. The first-order chi connectivity index (χ1) is 12.6. The lowest BCUT2D eigenvalue weighted by Crippen LogP contribution is -2.49. The predicted octanol–water partition coefficient (Wildman–Crippen LogP) is 1.27. The molecule has 2 N–H and O–H groups in total. The van der Waals surface area contributed by atoms with Gasteiger partial charge in [-0.05, 0) is 38.8 Å². The Hall–Kier alpha value is -2.26. The molecule has 0 aromatic heterocycles. The van der Waals surface area contributed by atoms with E-state index in [1.54, 1.807) is 6.92 Å². The van der Waals surface area contributed by atoms with E-state index in [0.717, 1.165) is 0 Å². The number of likely N-dealkylation sites (tertiary alicyclic amines) is 1. The van der Waals surface area contributed by atoms with E-state index < -0.39 is 28.0 Å². The molecule has 1 heterocycles. The molecule has 9 heteroatoms. The van der Waals surface area contributed by atoms with Gasteiger partial charge in [-0.2, -0.15) is 0 Å². The predicted molar refractivity (Wildman–Crippen MR) is 97.8 cm³/mol. The highest BCUT2D eigenvalue weighted by Crippen LogP contribution is 2.24. The average molecular weight is 396 g/mol. The lowest BCUT2D eigenvalue weighted by molar-refractivity contribution is -0.149. The molecule has 1 saturated heterocycles. The quantitative estimate of drug-likeness (QED) is 0.670. The van der Waals surface area contributed by atoms with Gasteiger partial charge in [-0.25, -0.2) is 13.1 Å². The summed E-state index contributed by atoms with van der Waals surface area (Å²) in [6, 6.07) is 5.25. The summed E-state index contributed by atoms with van der Waals surface area (Å²) >= 11 is 0. The van der Waals surface area contributed by atoms with Crippen LogP contribution in [0, 0.1) is 5.92 Å². The third-order valence-corrected chi connectivity index (χ3v) is 6.27. The molecule has 0 bridgehead atoms. The summed E-state index contributed by atoms with van der Waals surface area (Å²) in [5, 5.41) is 9.22. The number of carbonyl (C=O) groups is 3. The number of hydrogen-bond acceptors (Lipinski definition) is 5. The number of ketones is 1. The van der Waals surface area contributed by atoms with Crippen LogP contribution in [0.5, 0.6) is 0 Å². The number of carbonyl (C=O) groups excluding carboxylic acids is 2. The van der Waals surface area contributed by atoms with Crippen molar-refractivity contribution in [2.24, 2.45) is 5.92 Å². The minimum Gasteiger partial charge on any atom is -0.481 e. The SMILES string of the molecule is CC(=O)c1cccc(S(=O)(=O)NCCC(=O)N2CCC[C@@H](C(=O)O)[C@H]2C)c1. The van der Waals surface area contributed by atoms with Gasteiger partial charge in [-0.1, -0.05) is 12.1 Å². The number of carboxylic acid groups (broad SMARTS) is 1. The standard InChI is InChI=1S/C18H24N2O6S/c1-12-16(18(23)24)7-4-10-20(12)17(22)8-9-19-27(25,26)15-6-3-5-14(11-15)13(2)21/h3,5-6,11-12,16,19H,4,7-10H2,1-2H3,(H,23,24)/t12-,16-/m1/s1. The van der Waals surface area contributed by atoms with E-state index in [1.165, 1.54) is 36.1 Å². The van der Waals surface area contributed by atoms with E-state index in [-0.39, 0.29) is 35.1 Å². The fraction of sp³-hybridized carbons (Fsp3) is 0.500. The molecule has 1 amide bonds. The fourth-order valence-corrected chi connectivity index (χ4v) is 4.30. The molecule has 2 atom stereocenters. The first-order valence-electron chi connectivity index (χ1n) is 8.76. The number of piperidine rings is 1. The number of amides is 1. The second-order valence-electron chi connectivity index (χ2n) is 6.65. The summed E-state index contributed by atoms with van der Waals surface area (Å²) in [5.74, 6) is -2.05. The maximum Gasteiger partial charge on any atom is 0.308 e. The fourth-order valence-electron chi connectivity index (χ4n) is 3.23. The highest BCUT2D eigenvalue weighted by atomic mass is 32.2. The number of benzene rings is 1. The number of nitrogens with one attached hydrogen (secondary N) is 1. The largest absolute Gasteiger partial charge is 0.481 e. The van der Waals surface area contributed by atoms with Crippen LogP contribution < -0.4 is 4.72 Å². The minimum absolute atomic E-state index is 0.0417.